The van der Waals surface area contributed by atoms with Gasteiger partial charge in [-0.15, -0.1) is 0 Å². The van der Waals surface area contributed by atoms with Crippen molar-refractivity contribution in [1.82, 2.24) is 25.0 Å². The Bertz CT molecular complexity index is 1220. The van der Waals surface area contributed by atoms with E-state index in [1.807, 2.05) is 24.4 Å². The maximum atomic E-state index is 9.60. The summed E-state index contributed by atoms with van der Waals surface area (Å²) in [4.78, 5) is 10.9. The van der Waals surface area contributed by atoms with Crippen LogP contribution in [0.3, 0.4) is 0 Å². The van der Waals surface area contributed by atoms with Crippen LogP contribution in [0.5, 0.6) is 5.75 Å². The molecule has 0 amide bonds. The van der Waals surface area contributed by atoms with Crippen LogP contribution >= 0.6 is 0 Å². The molecule has 8 heteroatoms. The molecule has 2 aromatic carbocycles. The quantitative estimate of drug-likeness (QED) is 0.0739. The summed E-state index contributed by atoms with van der Waals surface area (Å²) in [5.74, 6) is 1.27. The standard InChI is InChI=1S/C35H47N7O/c1-40(25-18-33(31-14-4-2-5-15-31)34-17-6-7-19-38-34)21-11-20-39-35(37)42(29-36)24-12-26-43-32-16-10-13-30(27-32)28-41-22-8-3-9-23-41/h2,4-7,10,13-17,19,27,33H,3,8-9,11-12,18,20-26,28H2,1H3,(H2,37,39). The fourth-order valence-corrected chi connectivity index (χ4v) is 5.60. The van der Waals surface area contributed by atoms with Gasteiger partial charge in [0.15, 0.2) is 6.19 Å². The summed E-state index contributed by atoms with van der Waals surface area (Å²) in [6.07, 6.45) is 10.4. The molecule has 4 rings (SSSR count). The van der Waals surface area contributed by atoms with Crippen molar-refractivity contribution in [1.29, 1.82) is 10.7 Å². The lowest BCUT2D eigenvalue weighted by Gasteiger charge is -2.26. The molecular weight excluding hydrogens is 534 g/mol. The molecule has 2 N–H and O–H groups in total. The van der Waals surface area contributed by atoms with E-state index in [0.717, 1.165) is 43.9 Å². The number of nitrogens with one attached hydrogen (secondary N) is 2. The summed E-state index contributed by atoms with van der Waals surface area (Å²) in [5, 5.41) is 21.0. The highest BCUT2D eigenvalue weighted by molar-refractivity contribution is 5.78. The van der Waals surface area contributed by atoms with Crippen LogP contribution in [0.4, 0.5) is 0 Å². The maximum absolute atomic E-state index is 9.60. The molecule has 8 nitrogen and oxygen atoms in total. The Kier molecular flexibility index (Phi) is 13.3. The molecule has 0 bridgehead atoms. The summed E-state index contributed by atoms with van der Waals surface area (Å²) < 4.78 is 5.98. The van der Waals surface area contributed by atoms with E-state index < -0.39 is 0 Å². The summed E-state index contributed by atoms with van der Waals surface area (Å²) in [5.41, 5.74) is 3.66. The molecule has 1 aromatic heterocycles. The molecule has 1 atom stereocenters. The number of ether oxygens (including phenoxy) is 1. The number of guanidine groups is 1. The van der Waals surface area contributed by atoms with Crippen LogP contribution in [0.25, 0.3) is 0 Å². The Morgan fingerprint density at radius 1 is 1.00 bits per heavy atom. The smallest absolute Gasteiger partial charge is 0.204 e. The third-order valence-electron chi connectivity index (χ3n) is 7.99. The first-order valence-electron chi connectivity index (χ1n) is 15.7. The van der Waals surface area contributed by atoms with Crippen molar-refractivity contribution in [3.63, 3.8) is 0 Å². The van der Waals surface area contributed by atoms with E-state index in [9.17, 15) is 5.26 Å². The molecule has 0 aliphatic carbocycles. The Morgan fingerprint density at radius 3 is 2.58 bits per heavy atom. The highest BCUT2D eigenvalue weighted by atomic mass is 16.5. The van der Waals surface area contributed by atoms with E-state index in [1.165, 1.54) is 48.4 Å². The highest BCUT2D eigenvalue weighted by Crippen LogP contribution is 2.26. The van der Waals surface area contributed by atoms with Gasteiger partial charge >= 0.3 is 0 Å². The van der Waals surface area contributed by atoms with E-state index in [0.29, 0.717) is 26.1 Å². The van der Waals surface area contributed by atoms with Gasteiger partial charge in [0.1, 0.15) is 5.75 Å². The van der Waals surface area contributed by atoms with Gasteiger partial charge in [-0.2, -0.15) is 5.26 Å². The van der Waals surface area contributed by atoms with Gasteiger partial charge in [-0.05, 0) is 94.3 Å². The normalized spacial score (nSPS) is 14.2. The number of nitrogens with zero attached hydrogens (tertiary/aromatic N) is 5. The largest absolute Gasteiger partial charge is 0.494 e. The van der Waals surface area contributed by atoms with E-state index >= 15 is 0 Å². The summed E-state index contributed by atoms with van der Waals surface area (Å²) in [6.45, 7) is 6.76. The van der Waals surface area contributed by atoms with E-state index in [2.05, 4.69) is 87.9 Å². The maximum Gasteiger partial charge on any atom is 0.204 e. The molecular formula is C35H47N7O. The van der Waals surface area contributed by atoms with Crippen molar-refractivity contribution in [2.45, 2.75) is 51.0 Å². The number of pyridine rings is 1. The second-order valence-corrected chi connectivity index (χ2v) is 11.4. The van der Waals surface area contributed by atoms with Crippen LogP contribution in [0.1, 0.15) is 61.3 Å². The minimum Gasteiger partial charge on any atom is -0.494 e. The van der Waals surface area contributed by atoms with Crippen molar-refractivity contribution in [2.24, 2.45) is 0 Å². The second-order valence-electron chi connectivity index (χ2n) is 11.4. The minimum absolute atomic E-state index is 0.146. The van der Waals surface area contributed by atoms with Crippen molar-refractivity contribution in [3.05, 3.63) is 95.8 Å². The van der Waals surface area contributed by atoms with Gasteiger partial charge < -0.3 is 15.0 Å². The van der Waals surface area contributed by atoms with Crippen molar-refractivity contribution < 1.29 is 4.74 Å². The fraction of sp³-hybridized carbons (Fsp3) is 0.457. The van der Waals surface area contributed by atoms with Crippen LogP contribution in [0.2, 0.25) is 0 Å². The molecule has 43 heavy (non-hydrogen) atoms. The Balaban J connectivity index is 1.11. The van der Waals surface area contributed by atoms with Gasteiger partial charge in [-0.25, -0.2) is 4.90 Å². The van der Waals surface area contributed by atoms with E-state index in [-0.39, 0.29) is 11.9 Å². The molecule has 0 radical (unpaired) electrons. The van der Waals surface area contributed by atoms with Crippen LogP contribution in [-0.4, -0.2) is 78.6 Å². The monoisotopic (exact) mass is 581 g/mol. The number of benzene rings is 2. The summed E-state index contributed by atoms with van der Waals surface area (Å²) in [7, 11) is 2.14. The van der Waals surface area contributed by atoms with Gasteiger partial charge in [-0.3, -0.25) is 15.3 Å². The topological polar surface area (TPSA) is 91.5 Å². The van der Waals surface area contributed by atoms with Gasteiger partial charge in [0.05, 0.1) is 6.61 Å². The number of aromatic nitrogens is 1. The molecule has 1 fully saturated rings. The fourth-order valence-electron chi connectivity index (χ4n) is 5.60. The highest BCUT2D eigenvalue weighted by Gasteiger charge is 2.16. The average Bonchev–Trinajstić information content (AvgIpc) is 3.05. The molecule has 0 saturated carbocycles. The number of rotatable bonds is 16. The van der Waals surface area contributed by atoms with E-state index in [4.69, 9.17) is 10.1 Å². The Labute approximate surface area is 257 Å². The van der Waals surface area contributed by atoms with Crippen molar-refractivity contribution in [2.75, 3.05) is 52.9 Å². The third kappa shape index (κ3) is 11.0. The van der Waals surface area contributed by atoms with Gasteiger partial charge in [-0.1, -0.05) is 55.0 Å². The first-order valence-corrected chi connectivity index (χ1v) is 15.7. The first-order chi connectivity index (χ1) is 21.1. The number of likely N-dealkylation sites (tertiary alicyclic amines) is 1. The lowest BCUT2D eigenvalue weighted by molar-refractivity contribution is 0.220. The number of nitriles is 1. The lowest BCUT2D eigenvalue weighted by Crippen LogP contribution is -2.39. The van der Waals surface area contributed by atoms with Crippen molar-refractivity contribution in [3.8, 4) is 11.9 Å². The molecule has 1 aliphatic rings. The van der Waals surface area contributed by atoms with E-state index in [1.54, 1.807) is 0 Å². The second kappa shape index (κ2) is 17.9. The van der Waals surface area contributed by atoms with Gasteiger partial charge in [0, 0.05) is 43.9 Å². The number of piperidine rings is 1. The molecule has 2 heterocycles. The Morgan fingerprint density at radius 2 is 1.81 bits per heavy atom. The average molecular weight is 582 g/mol. The summed E-state index contributed by atoms with van der Waals surface area (Å²) >= 11 is 0. The SMILES string of the molecule is CN(CCCNC(=N)N(C#N)CCCOc1cccc(CN2CCCCC2)c1)CCC(c1ccccc1)c1ccccn1. The zero-order chi connectivity index (χ0) is 30.1. The molecule has 1 aliphatic heterocycles. The molecule has 1 unspecified atom stereocenters. The zero-order valence-electron chi connectivity index (χ0n) is 25.6. The predicted octanol–water partition coefficient (Wildman–Crippen LogP) is 5.69. The van der Waals surface area contributed by atoms with Crippen LogP contribution in [-0.2, 0) is 6.54 Å². The lowest BCUT2D eigenvalue weighted by atomic mass is 9.92. The van der Waals surface area contributed by atoms with Gasteiger partial charge in [0.25, 0.3) is 0 Å². The third-order valence-corrected chi connectivity index (χ3v) is 7.99. The first kappa shape index (κ1) is 32.0. The van der Waals surface area contributed by atoms with Crippen LogP contribution in [0.15, 0.2) is 79.0 Å². The number of hydrogen-bond acceptors (Lipinski definition) is 6. The minimum atomic E-state index is 0.146. The zero-order valence-corrected chi connectivity index (χ0v) is 25.6. The summed E-state index contributed by atoms with van der Waals surface area (Å²) in [6, 6.07) is 25.0. The number of hydrogen-bond donors (Lipinski definition) is 2. The Hall–Kier alpha value is -3.93. The molecule has 0 spiro atoms. The van der Waals surface area contributed by atoms with Crippen molar-refractivity contribution >= 4 is 5.96 Å². The molecule has 228 valence electrons. The van der Waals surface area contributed by atoms with Crippen LogP contribution in [0, 0.1) is 16.9 Å². The van der Waals surface area contributed by atoms with Gasteiger partial charge in [0.2, 0.25) is 5.96 Å². The van der Waals surface area contributed by atoms with Crippen LogP contribution < -0.4 is 10.1 Å². The molecule has 3 aromatic rings. The predicted molar refractivity (Wildman–Crippen MR) is 173 cm³/mol. The molecule has 1 saturated heterocycles.